The van der Waals surface area contributed by atoms with Gasteiger partial charge in [0.1, 0.15) is 18.2 Å². The predicted molar refractivity (Wildman–Crippen MR) is 68.8 cm³/mol. The van der Waals surface area contributed by atoms with Crippen LogP contribution in [-0.2, 0) is 7.05 Å². The Morgan fingerprint density at radius 3 is 2.95 bits per heavy atom. The summed E-state index contributed by atoms with van der Waals surface area (Å²) in [6.45, 7) is 1.17. The summed E-state index contributed by atoms with van der Waals surface area (Å²) in [6, 6.07) is 6.55. The molecule has 2 aromatic rings. The minimum absolute atomic E-state index is 0.0330. The van der Waals surface area contributed by atoms with Crippen LogP contribution in [0.15, 0.2) is 30.5 Å². The Morgan fingerprint density at radius 1 is 1.42 bits per heavy atom. The van der Waals surface area contributed by atoms with E-state index >= 15 is 0 Å². The number of fused-ring (bicyclic) bond motifs is 1. The summed E-state index contributed by atoms with van der Waals surface area (Å²) in [5.41, 5.74) is 0.853. The molecule has 0 atom stereocenters. The van der Waals surface area contributed by atoms with Gasteiger partial charge in [0, 0.05) is 19.2 Å². The molecule has 7 heteroatoms. The molecule has 0 aliphatic carbocycles. The molecule has 2 heterocycles. The zero-order chi connectivity index (χ0) is 13.4. The molecule has 3 rings (SSSR count). The number of nitrogens with zero attached hydrogens (tertiary/aromatic N) is 4. The van der Waals surface area contributed by atoms with Gasteiger partial charge in [-0.15, -0.1) is 0 Å². The smallest absolute Gasteiger partial charge is 0.273 e. The van der Waals surface area contributed by atoms with E-state index in [1.165, 1.54) is 12.1 Å². The number of aromatic nitrogens is 2. The summed E-state index contributed by atoms with van der Waals surface area (Å²) in [4.78, 5) is 12.4. The fourth-order valence-electron chi connectivity index (χ4n) is 2.19. The van der Waals surface area contributed by atoms with E-state index in [-0.39, 0.29) is 5.69 Å². The monoisotopic (exact) mass is 260 g/mol. The predicted octanol–water partition coefficient (Wildman–Crippen LogP) is 1.86. The lowest BCUT2D eigenvalue weighted by molar-refractivity contribution is -0.384. The van der Waals surface area contributed by atoms with Crippen molar-refractivity contribution in [3.05, 3.63) is 40.6 Å². The highest BCUT2D eigenvalue weighted by Crippen LogP contribution is 2.38. The number of anilines is 2. The number of benzene rings is 1. The van der Waals surface area contributed by atoms with Gasteiger partial charge >= 0.3 is 0 Å². The molecule has 0 bridgehead atoms. The molecule has 0 amide bonds. The van der Waals surface area contributed by atoms with Crippen molar-refractivity contribution >= 4 is 17.2 Å². The third kappa shape index (κ3) is 1.88. The van der Waals surface area contributed by atoms with Crippen LogP contribution in [0.2, 0.25) is 0 Å². The summed E-state index contributed by atoms with van der Waals surface area (Å²) < 4.78 is 7.27. The molecular formula is C12H12N4O3. The maximum absolute atomic E-state index is 10.8. The quantitative estimate of drug-likeness (QED) is 0.608. The molecule has 0 spiro atoms. The molecule has 1 aromatic carbocycles. The number of ether oxygens (including phenoxy) is 1. The minimum atomic E-state index is -0.424. The van der Waals surface area contributed by atoms with Crippen molar-refractivity contribution in [2.75, 3.05) is 18.1 Å². The van der Waals surface area contributed by atoms with Gasteiger partial charge in [0.15, 0.2) is 0 Å². The largest absolute Gasteiger partial charge is 0.489 e. The average molecular weight is 260 g/mol. The van der Waals surface area contributed by atoms with Crippen LogP contribution in [0.25, 0.3) is 0 Å². The summed E-state index contributed by atoms with van der Waals surface area (Å²) in [6.07, 6.45) is 1.72. The van der Waals surface area contributed by atoms with Crippen LogP contribution < -0.4 is 9.64 Å². The first-order chi connectivity index (χ1) is 9.16. The number of nitro groups is 1. The van der Waals surface area contributed by atoms with Gasteiger partial charge in [0.05, 0.1) is 29.4 Å². The highest BCUT2D eigenvalue weighted by molar-refractivity contribution is 5.70. The van der Waals surface area contributed by atoms with Gasteiger partial charge < -0.3 is 9.64 Å². The first-order valence-corrected chi connectivity index (χ1v) is 5.83. The Kier molecular flexibility index (Phi) is 2.59. The Morgan fingerprint density at radius 2 is 2.26 bits per heavy atom. The van der Waals surface area contributed by atoms with E-state index in [1.807, 2.05) is 18.0 Å². The lowest BCUT2D eigenvalue weighted by atomic mass is 10.2. The number of hydrogen-bond donors (Lipinski definition) is 0. The molecule has 7 nitrogen and oxygen atoms in total. The average Bonchev–Trinajstić information content (AvgIpc) is 2.83. The van der Waals surface area contributed by atoms with Crippen molar-refractivity contribution < 1.29 is 9.66 Å². The van der Waals surface area contributed by atoms with Crippen LogP contribution in [0.4, 0.5) is 17.2 Å². The Bertz CT molecular complexity index is 638. The van der Waals surface area contributed by atoms with Gasteiger partial charge in [0.2, 0.25) is 0 Å². The van der Waals surface area contributed by atoms with Gasteiger partial charge in [-0.3, -0.25) is 14.8 Å². The molecule has 1 aliphatic rings. The topological polar surface area (TPSA) is 73.4 Å². The molecule has 0 saturated heterocycles. The first kappa shape index (κ1) is 11.5. The molecular weight excluding hydrogens is 248 g/mol. The fourth-order valence-corrected chi connectivity index (χ4v) is 2.19. The Hall–Kier alpha value is -2.57. The van der Waals surface area contributed by atoms with E-state index in [0.717, 1.165) is 11.5 Å². The van der Waals surface area contributed by atoms with Crippen molar-refractivity contribution in [3.63, 3.8) is 0 Å². The van der Waals surface area contributed by atoms with Crippen molar-refractivity contribution in [3.8, 4) is 5.75 Å². The van der Waals surface area contributed by atoms with Crippen LogP contribution in [0.3, 0.4) is 0 Å². The second-order valence-corrected chi connectivity index (χ2v) is 4.22. The summed E-state index contributed by atoms with van der Waals surface area (Å²) in [5.74, 6) is 1.46. The van der Waals surface area contributed by atoms with E-state index in [9.17, 15) is 10.1 Å². The lowest BCUT2D eigenvalue weighted by Gasteiger charge is -2.30. The molecule has 98 valence electrons. The molecule has 1 aliphatic heterocycles. The van der Waals surface area contributed by atoms with Crippen LogP contribution in [0.5, 0.6) is 5.75 Å². The number of nitro benzene ring substituents is 1. The van der Waals surface area contributed by atoms with Gasteiger partial charge in [-0.2, -0.15) is 5.10 Å². The number of rotatable bonds is 2. The summed E-state index contributed by atoms with van der Waals surface area (Å²) in [5, 5.41) is 14.9. The number of aryl methyl sites for hydroxylation is 1. The Balaban J connectivity index is 2.06. The third-order valence-corrected chi connectivity index (χ3v) is 3.09. The second kappa shape index (κ2) is 4.27. The van der Waals surface area contributed by atoms with E-state index < -0.39 is 4.92 Å². The van der Waals surface area contributed by atoms with E-state index in [2.05, 4.69) is 5.10 Å². The van der Waals surface area contributed by atoms with Crippen LogP contribution in [0.1, 0.15) is 0 Å². The van der Waals surface area contributed by atoms with E-state index in [0.29, 0.717) is 18.9 Å². The van der Waals surface area contributed by atoms with Gasteiger partial charge in [-0.05, 0) is 6.07 Å². The maximum Gasteiger partial charge on any atom is 0.273 e. The van der Waals surface area contributed by atoms with Gasteiger partial charge in [-0.1, -0.05) is 0 Å². The molecule has 0 unspecified atom stereocenters. The zero-order valence-corrected chi connectivity index (χ0v) is 10.3. The highest BCUT2D eigenvalue weighted by atomic mass is 16.6. The van der Waals surface area contributed by atoms with Gasteiger partial charge in [-0.25, -0.2) is 0 Å². The molecule has 0 fully saturated rings. The van der Waals surface area contributed by atoms with Crippen LogP contribution in [-0.4, -0.2) is 27.9 Å². The normalized spacial score (nSPS) is 13.8. The molecule has 0 saturated carbocycles. The van der Waals surface area contributed by atoms with Crippen LogP contribution in [0, 0.1) is 10.1 Å². The molecule has 19 heavy (non-hydrogen) atoms. The zero-order valence-electron chi connectivity index (χ0n) is 10.3. The number of non-ortho nitro benzene ring substituents is 1. The molecule has 0 N–H and O–H groups in total. The van der Waals surface area contributed by atoms with Gasteiger partial charge in [0.25, 0.3) is 5.69 Å². The second-order valence-electron chi connectivity index (χ2n) is 4.22. The lowest BCUT2D eigenvalue weighted by Crippen LogP contribution is -2.30. The number of hydrogen-bond acceptors (Lipinski definition) is 5. The van der Waals surface area contributed by atoms with Crippen molar-refractivity contribution in [2.45, 2.75) is 0 Å². The van der Waals surface area contributed by atoms with Crippen molar-refractivity contribution in [1.82, 2.24) is 9.78 Å². The molecule has 0 radical (unpaired) electrons. The van der Waals surface area contributed by atoms with Crippen molar-refractivity contribution in [1.29, 1.82) is 0 Å². The fraction of sp³-hybridized carbons (Fsp3) is 0.250. The molecule has 1 aromatic heterocycles. The Labute approximate surface area is 109 Å². The SMILES string of the molecule is Cn1nccc1N1CCOc2cc([N+](=O)[O-])ccc21. The minimum Gasteiger partial charge on any atom is -0.489 e. The standard InChI is InChI=1S/C12H12N4O3/c1-14-12(4-5-13-14)15-6-7-19-11-8-9(16(17)18)2-3-10(11)15/h2-5,8H,6-7H2,1H3. The highest BCUT2D eigenvalue weighted by Gasteiger charge is 2.23. The summed E-state index contributed by atoms with van der Waals surface area (Å²) >= 11 is 0. The summed E-state index contributed by atoms with van der Waals surface area (Å²) in [7, 11) is 1.86. The first-order valence-electron chi connectivity index (χ1n) is 5.83. The van der Waals surface area contributed by atoms with Crippen LogP contribution >= 0.6 is 0 Å². The third-order valence-electron chi connectivity index (χ3n) is 3.09. The maximum atomic E-state index is 10.8. The van der Waals surface area contributed by atoms with Crippen molar-refractivity contribution in [2.24, 2.45) is 7.05 Å². The van der Waals surface area contributed by atoms with E-state index in [4.69, 9.17) is 4.74 Å². The van der Waals surface area contributed by atoms with E-state index in [1.54, 1.807) is 16.9 Å².